The fourth-order valence-electron chi connectivity index (χ4n) is 2.19. The molecule has 21 heavy (non-hydrogen) atoms. The van der Waals surface area contributed by atoms with Crippen LogP contribution in [0.2, 0.25) is 0 Å². The maximum atomic E-state index is 12.2. The summed E-state index contributed by atoms with van der Waals surface area (Å²) in [6, 6.07) is 9.55. The highest BCUT2D eigenvalue weighted by molar-refractivity contribution is 5.76. The molecular formula is C17H27NO3. The second kappa shape index (κ2) is 8.15. The van der Waals surface area contributed by atoms with Gasteiger partial charge in [-0.15, -0.1) is 0 Å². The van der Waals surface area contributed by atoms with Gasteiger partial charge in [0.15, 0.2) is 0 Å². The van der Waals surface area contributed by atoms with Crippen LogP contribution in [-0.2, 0) is 14.3 Å². The van der Waals surface area contributed by atoms with Crippen LogP contribution in [0.3, 0.4) is 0 Å². The van der Waals surface area contributed by atoms with Gasteiger partial charge in [-0.25, -0.2) is 0 Å². The Labute approximate surface area is 127 Å². The van der Waals surface area contributed by atoms with Crippen LogP contribution >= 0.6 is 0 Å². The van der Waals surface area contributed by atoms with Crippen LogP contribution in [0, 0.1) is 5.41 Å². The predicted octanol–water partition coefficient (Wildman–Crippen LogP) is 2.94. The van der Waals surface area contributed by atoms with E-state index >= 15 is 0 Å². The van der Waals surface area contributed by atoms with Crippen LogP contribution in [0.4, 0.5) is 0 Å². The number of carbonyl (C=O) groups excluding carboxylic acids is 1. The van der Waals surface area contributed by atoms with Crippen molar-refractivity contribution >= 4 is 5.97 Å². The molecule has 4 nitrogen and oxygen atoms in total. The highest BCUT2D eigenvalue weighted by Gasteiger charge is 2.34. The van der Waals surface area contributed by atoms with Gasteiger partial charge in [-0.1, -0.05) is 51.1 Å². The lowest BCUT2D eigenvalue weighted by Crippen LogP contribution is -2.49. The molecule has 118 valence electrons. The zero-order chi connectivity index (χ0) is 15.9. The quantitative estimate of drug-likeness (QED) is 0.785. The maximum Gasteiger partial charge on any atom is 0.323 e. The lowest BCUT2D eigenvalue weighted by Gasteiger charge is -2.33. The van der Waals surface area contributed by atoms with E-state index in [-0.39, 0.29) is 17.4 Å². The van der Waals surface area contributed by atoms with Crippen molar-refractivity contribution in [3.63, 3.8) is 0 Å². The molecule has 1 N–H and O–H groups in total. The van der Waals surface area contributed by atoms with E-state index in [2.05, 4.69) is 5.32 Å². The number of hydrogen-bond acceptors (Lipinski definition) is 4. The van der Waals surface area contributed by atoms with E-state index < -0.39 is 6.04 Å². The van der Waals surface area contributed by atoms with Gasteiger partial charge >= 0.3 is 5.97 Å². The summed E-state index contributed by atoms with van der Waals surface area (Å²) >= 11 is 0. The SMILES string of the molecule is CCOC(=O)[C@H](N[C@@H](COC)c1ccccc1)C(C)(C)C. The van der Waals surface area contributed by atoms with E-state index in [1.165, 1.54) is 0 Å². The summed E-state index contributed by atoms with van der Waals surface area (Å²) in [5.74, 6) is -0.220. The molecule has 0 fully saturated rings. The Morgan fingerprint density at radius 2 is 1.86 bits per heavy atom. The van der Waals surface area contributed by atoms with Crippen LogP contribution in [0.1, 0.15) is 39.3 Å². The van der Waals surface area contributed by atoms with Gasteiger partial charge in [0.1, 0.15) is 6.04 Å². The number of esters is 1. The van der Waals surface area contributed by atoms with Gasteiger partial charge in [0, 0.05) is 7.11 Å². The van der Waals surface area contributed by atoms with Crippen LogP contribution in [-0.4, -0.2) is 32.3 Å². The van der Waals surface area contributed by atoms with Crippen molar-refractivity contribution in [2.75, 3.05) is 20.3 Å². The lowest BCUT2D eigenvalue weighted by molar-refractivity contribution is -0.149. The van der Waals surface area contributed by atoms with Crippen LogP contribution in [0.25, 0.3) is 0 Å². The van der Waals surface area contributed by atoms with Gasteiger partial charge in [0.2, 0.25) is 0 Å². The number of nitrogens with one attached hydrogen (secondary N) is 1. The molecular weight excluding hydrogens is 266 g/mol. The molecule has 4 heteroatoms. The third kappa shape index (κ3) is 5.48. The number of carbonyl (C=O) groups is 1. The molecule has 0 bridgehead atoms. The highest BCUT2D eigenvalue weighted by atomic mass is 16.5. The smallest absolute Gasteiger partial charge is 0.323 e. The minimum atomic E-state index is -0.391. The standard InChI is InChI=1S/C17H27NO3/c1-6-21-16(19)15(17(2,3)4)18-14(12-20-5)13-10-8-7-9-11-13/h7-11,14-15,18H,6,12H2,1-5H3/t14-,15-/m0/s1. The Balaban J connectivity index is 2.94. The Kier molecular flexibility index (Phi) is 6.85. The van der Waals surface area contributed by atoms with Crippen molar-refractivity contribution in [1.29, 1.82) is 0 Å². The summed E-state index contributed by atoms with van der Waals surface area (Å²) in [5.41, 5.74) is 0.852. The average molecular weight is 293 g/mol. The zero-order valence-corrected chi connectivity index (χ0v) is 13.7. The molecule has 0 saturated heterocycles. The molecule has 0 heterocycles. The molecule has 0 saturated carbocycles. The first-order valence-corrected chi connectivity index (χ1v) is 7.36. The van der Waals surface area contributed by atoms with E-state index in [9.17, 15) is 4.79 Å². The molecule has 0 unspecified atom stereocenters. The summed E-state index contributed by atoms with van der Waals surface area (Å²) in [7, 11) is 1.66. The van der Waals surface area contributed by atoms with E-state index in [1.807, 2.05) is 58.0 Å². The number of methoxy groups -OCH3 is 1. The van der Waals surface area contributed by atoms with Gasteiger partial charge in [-0.05, 0) is 17.9 Å². The highest BCUT2D eigenvalue weighted by Crippen LogP contribution is 2.24. The van der Waals surface area contributed by atoms with Crippen molar-refractivity contribution in [2.24, 2.45) is 5.41 Å². The van der Waals surface area contributed by atoms with Crippen molar-refractivity contribution in [1.82, 2.24) is 5.32 Å². The Hall–Kier alpha value is -1.39. The third-order valence-electron chi connectivity index (χ3n) is 3.29. The van der Waals surface area contributed by atoms with Crippen LogP contribution in [0.5, 0.6) is 0 Å². The Morgan fingerprint density at radius 1 is 1.24 bits per heavy atom. The van der Waals surface area contributed by atoms with Crippen molar-refractivity contribution in [3.05, 3.63) is 35.9 Å². The number of benzene rings is 1. The van der Waals surface area contributed by atoms with Gasteiger partial charge in [0.25, 0.3) is 0 Å². The largest absolute Gasteiger partial charge is 0.465 e. The molecule has 0 aromatic heterocycles. The summed E-state index contributed by atoms with van der Waals surface area (Å²) in [4.78, 5) is 12.2. The molecule has 0 radical (unpaired) electrons. The van der Waals surface area contributed by atoms with Crippen LogP contribution in [0.15, 0.2) is 30.3 Å². The van der Waals surface area contributed by atoms with Crippen LogP contribution < -0.4 is 5.32 Å². The van der Waals surface area contributed by atoms with E-state index in [0.29, 0.717) is 13.2 Å². The van der Waals surface area contributed by atoms with Crippen molar-refractivity contribution in [2.45, 2.75) is 39.8 Å². The molecule has 1 aromatic rings. The minimum absolute atomic E-state index is 0.0511. The third-order valence-corrected chi connectivity index (χ3v) is 3.29. The predicted molar refractivity (Wildman–Crippen MR) is 84.1 cm³/mol. The van der Waals surface area contributed by atoms with Gasteiger partial charge < -0.3 is 9.47 Å². The van der Waals surface area contributed by atoms with Crippen molar-refractivity contribution in [3.8, 4) is 0 Å². The first kappa shape index (κ1) is 17.7. The number of ether oxygens (including phenoxy) is 2. The first-order chi connectivity index (χ1) is 9.90. The second-order valence-electron chi connectivity index (χ2n) is 6.14. The molecule has 0 aliphatic carbocycles. The molecule has 1 rings (SSSR count). The van der Waals surface area contributed by atoms with Crippen molar-refractivity contribution < 1.29 is 14.3 Å². The molecule has 2 atom stereocenters. The van der Waals surface area contributed by atoms with Gasteiger partial charge in [0.05, 0.1) is 19.3 Å². The fraction of sp³-hybridized carbons (Fsp3) is 0.588. The lowest BCUT2D eigenvalue weighted by atomic mass is 9.86. The number of hydrogen-bond donors (Lipinski definition) is 1. The monoisotopic (exact) mass is 293 g/mol. The average Bonchev–Trinajstić information content (AvgIpc) is 2.43. The second-order valence-corrected chi connectivity index (χ2v) is 6.14. The van der Waals surface area contributed by atoms with E-state index in [0.717, 1.165) is 5.56 Å². The Bertz CT molecular complexity index is 425. The fourth-order valence-corrected chi connectivity index (χ4v) is 2.19. The minimum Gasteiger partial charge on any atom is -0.465 e. The zero-order valence-electron chi connectivity index (χ0n) is 13.7. The van der Waals surface area contributed by atoms with E-state index in [1.54, 1.807) is 7.11 Å². The van der Waals surface area contributed by atoms with Gasteiger partial charge in [-0.2, -0.15) is 0 Å². The first-order valence-electron chi connectivity index (χ1n) is 7.36. The number of rotatable bonds is 7. The summed E-state index contributed by atoms with van der Waals surface area (Å²) in [6.07, 6.45) is 0. The molecule has 0 spiro atoms. The van der Waals surface area contributed by atoms with Gasteiger partial charge in [-0.3, -0.25) is 10.1 Å². The summed E-state index contributed by atoms with van der Waals surface area (Å²) < 4.78 is 10.5. The molecule has 0 amide bonds. The van der Waals surface area contributed by atoms with E-state index in [4.69, 9.17) is 9.47 Å². The maximum absolute atomic E-state index is 12.2. The molecule has 0 aliphatic rings. The summed E-state index contributed by atoms with van der Waals surface area (Å²) in [6.45, 7) is 8.77. The normalized spacial score (nSPS) is 14.5. The topological polar surface area (TPSA) is 47.6 Å². The molecule has 1 aromatic carbocycles. The molecule has 0 aliphatic heterocycles. The Morgan fingerprint density at radius 3 is 2.33 bits per heavy atom. The summed E-state index contributed by atoms with van der Waals surface area (Å²) in [5, 5.41) is 3.40.